The number of hydrogen-bond donors (Lipinski definition) is 10. The molecule has 314 valence electrons. The first-order valence-electron chi connectivity index (χ1n) is 19.0. The SMILES string of the molecule is CC[C@H](C)C[C@@H](C)/C=C(\C)[C@H](O[C@@H]1O[C@H](CO)[C@@H](O)[C@H](O)[C@@H]1O)[C@@H](C)/C=C(\C)[C@H](O)[C@@H](C)/C=C(\C)[C@H](O)[C@@H](C)/C=C(\C)C(=O)OC[C@H](O)[C@H](O)[C@H](O)CO. The van der Waals surface area contributed by atoms with E-state index in [2.05, 4.69) is 26.8 Å². The maximum absolute atomic E-state index is 12.5. The molecule has 1 saturated heterocycles. The molecule has 54 heavy (non-hydrogen) atoms. The summed E-state index contributed by atoms with van der Waals surface area (Å²) in [4.78, 5) is 12.5. The highest BCUT2D eigenvalue weighted by molar-refractivity contribution is 5.87. The molecule has 1 fully saturated rings. The standard InChI is InChI=1S/C40H70O14/c1-11-20(2)12-21(3)13-26(8)38(54-40-37(50)36(49)35(48)31(18-42)53-40)27(9)15-24(6)32(45)22(4)14-23(5)33(46)25(7)16-28(10)39(51)52-19-30(44)34(47)29(43)17-41/h13-16,20-22,25,27,29-38,40-50H,11-12,17-19H2,1-10H3/b23-14+,24-15+,26-13+,28-16+/t20-,21+,22-,25-,27-,29+,30-,31+,32+,33-,34+,35+,36-,37-,38-,40-/m0/s1. The molecule has 16 atom stereocenters. The van der Waals surface area contributed by atoms with Gasteiger partial charge < -0.3 is 65.3 Å². The first-order chi connectivity index (χ1) is 25.1. The molecule has 0 aromatic heterocycles. The van der Waals surface area contributed by atoms with E-state index in [1.165, 1.54) is 13.0 Å². The molecular weight excluding hydrogens is 704 g/mol. The summed E-state index contributed by atoms with van der Waals surface area (Å²) in [5.74, 6) is -1.49. The van der Waals surface area contributed by atoms with E-state index < -0.39 is 105 Å². The predicted octanol–water partition coefficient (Wildman–Crippen LogP) is 1.28. The predicted molar refractivity (Wildman–Crippen MR) is 202 cm³/mol. The molecule has 0 saturated carbocycles. The van der Waals surface area contributed by atoms with E-state index in [0.717, 1.165) is 18.4 Å². The minimum absolute atomic E-state index is 0.138. The van der Waals surface area contributed by atoms with Crippen molar-refractivity contribution in [3.05, 3.63) is 46.6 Å². The Morgan fingerprint density at radius 2 is 1.26 bits per heavy atom. The molecule has 0 amide bonds. The monoisotopic (exact) mass is 774 g/mol. The fourth-order valence-corrected chi connectivity index (χ4v) is 6.71. The molecule has 1 aliphatic rings. The molecule has 14 nitrogen and oxygen atoms in total. The summed E-state index contributed by atoms with van der Waals surface area (Å²) in [6.07, 6.45) is -5.61. The number of ether oxygens (including phenoxy) is 3. The first-order valence-corrected chi connectivity index (χ1v) is 19.0. The lowest BCUT2D eigenvalue weighted by Gasteiger charge is -2.41. The molecular formula is C40H70O14. The van der Waals surface area contributed by atoms with Crippen molar-refractivity contribution in [3.8, 4) is 0 Å². The number of rotatable bonds is 22. The van der Waals surface area contributed by atoms with Crippen LogP contribution in [0.1, 0.15) is 82.1 Å². The van der Waals surface area contributed by atoms with Gasteiger partial charge in [-0.3, -0.25) is 0 Å². The van der Waals surface area contributed by atoms with Crippen LogP contribution in [-0.2, 0) is 19.0 Å². The summed E-state index contributed by atoms with van der Waals surface area (Å²) >= 11 is 0. The van der Waals surface area contributed by atoms with E-state index in [4.69, 9.17) is 19.3 Å². The lowest BCUT2D eigenvalue weighted by atomic mass is 9.87. The Labute approximate surface area is 321 Å². The van der Waals surface area contributed by atoms with Crippen LogP contribution in [0.3, 0.4) is 0 Å². The van der Waals surface area contributed by atoms with Crippen molar-refractivity contribution in [2.45, 2.75) is 149 Å². The Hall–Kier alpha value is -2.05. The highest BCUT2D eigenvalue weighted by atomic mass is 16.7. The second kappa shape index (κ2) is 23.9. The van der Waals surface area contributed by atoms with Gasteiger partial charge in [-0.1, -0.05) is 72.3 Å². The van der Waals surface area contributed by atoms with Crippen molar-refractivity contribution in [1.29, 1.82) is 0 Å². The van der Waals surface area contributed by atoms with Crippen LogP contribution < -0.4 is 0 Å². The van der Waals surface area contributed by atoms with E-state index in [-0.39, 0.29) is 17.4 Å². The zero-order valence-corrected chi connectivity index (χ0v) is 33.7. The summed E-state index contributed by atoms with van der Waals surface area (Å²) in [5, 5.41) is 102. The molecule has 0 aromatic carbocycles. The molecule has 0 aromatic rings. The van der Waals surface area contributed by atoms with Crippen LogP contribution >= 0.6 is 0 Å². The molecule has 10 N–H and O–H groups in total. The fourth-order valence-electron chi connectivity index (χ4n) is 6.71. The van der Waals surface area contributed by atoms with Gasteiger partial charge in [0.1, 0.15) is 49.3 Å². The third-order valence-corrected chi connectivity index (χ3v) is 10.3. The third kappa shape index (κ3) is 15.1. The third-order valence-electron chi connectivity index (χ3n) is 10.3. The number of aliphatic hydroxyl groups is 10. The van der Waals surface area contributed by atoms with Gasteiger partial charge in [0.25, 0.3) is 0 Å². The summed E-state index contributed by atoms with van der Waals surface area (Å²) < 4.78 is 17.0. The van der Waals surface area contributed by atoms with Crippen LogP contribution in [-0.4, -0.2) is 144 Å². The Balaban J connectivity index is 3.18. The quantitative estimate of drug-likeness (QED) is 0.0423. The Bertz CT molecular complexity index is 1250. The van der Waals surface area contributed by atoms with Crippen LogP contribution in [0.25, 0.3) is 0 Å². The largest absolute Gasteiger partial charge is 0.459 e. The van der Waals surface area contributed by atoms with Gasteiger partial charge in [0.15, 0.2) is 6.29 Å². The van der Waals surface area contributed by atoms with E-state index in [1.807, 2.05) is 19.9 Å². The van der Waals surface area contributed by atoms with E-state index in [9.17, 15) is 50.8 Å². The molecule has 0 spiro atoms. The second-order valence-electron chi connectivity index (χ2n) is 15.4. The van der Waals surface area contributed by atoms with Gasteiger partial charge in [0.2, 0.25) is 0 Å². The molecule has 14 heteroatoms. The fraction of sp³-hybridized carbons (Fsp3) is 0.775. The van der Waals surface area contributed by atoms with E-state index in [0.29, 0.717) is 17.1 Å². The zero-order chi connectivity index (χ0) is 41.6. The number of aliphatic hydroxyl groups excluding tert-OH is 10. The summed E-state index contributed by atoms with van der Waals surface area (Å²) in [7, 11) is 0. The topological polar surface area (TPSA) is 247 Å². The highest BCUT2D eigenvalue weighted by Gasteiger charge is 2.45. The maximum Gasteiger partial charge on any atom is 0.333 e. The van der Waals surface area contributed by atoms with Gasteiger partial charge in [-0.25, -0.2) is 4.79 Å². The van der Waals surface area contributed by atoms with Crippen molar-refractivity contribution in [3.63, 3.8) is 0 Å². The van der Waals surface area contributed by atoms with Crippen LogP contribution in [0, 0.1) is 29.6 Å². The molecule has 1 heterocycles. The van der Waals surface area contributed by atoms with Crippen molar-refractivity contribution < 1.29 is 70.1 Å². The van der Waals surface area contributed by atoms with Crippen LogP contribution in [0.5, 0.6) is 0 Å². The molecule has 0 aliphatic carbocycles. The number of allylic oxidation sites excluding steroid dienone is 1. The Kier molecular flexibility index (Phi) is 22.1. The lowest BCUT2D eigenvalue weighted by molar-refractivity contribution is -0.310. The van der Waals surface area contributed by atoms with E-state index >= 15 is 0 Å². The number of esters is 1. The zero-order valence-electron chi connectivity index (χ0n) is 33.7. The Morgan fingerprint density at radius 1 is 0.722 bits per heavy atom. The summed E-state index contributed by atoms with van der Waals surface area (Å²) in [6, 6.07) is 0. The minimum Gasteiger partial charge on any atom is -0.459 e. The minimum atomic E-state index is -1.71. The van der Waals surface area contributed by atoms with Crippen molar-refractivity contribution in [2.24, 2.45) is 29.6 Å². The lowest BCUT2D eigenvalue weighted by Crippen LogP contribution is -2.60. The molecule has 0 radical (unpaired) electrons. The highest BCUT2D eigenvalue weighted by Crippen LogP contribution is 2.30. The van der Waals surface area contributed by atoms with Crippen molar-refractivity contribution in [2.75, 3.05) is 19.8 Å². The molecule has 1 rings (SSSR count). The normalized spacial score (nSPS) is 28.3. The summed E-state index contributed by atoms with van der Waals surface area (Å²) in [5.41, 5.74) is 2.14. The smallest absolute Gasteiger partial charge is 0.333 e. The maximum atomic E-state index is 12.5. The summed E-state index contributed by atoms with van der Waals surface area (Å²) in [6.45, 7) is 16.7. The number of carbonyl (C=O) groups is 1. The molecule has 0 bridgehead atoms. The van der Waals surface area contributed by atoms with Gasteiger partial charge in [0.05, 0.1) is 31.5 Å². The first kappa shape index (κ1) is 50.0. The van der Waals surface area contributed by atoms with Gasteiger partial charge in [-0.15, -0.1) is 0 Å². The molecule has 1 aliphatic heterocycles. The van der Waals surface area contributed by atoms with Crippen molar-refractivity contribution >= 4 is 5.97 Å². The van der Waals surface area contributed by atoms with Gasteiger partial charge >= 0.3 is 5.97 Å². The van der Waals surface area contributed by atoms with Gasteiger partial charge in [-0.2, -0.15) is 0 Å². The second-order valence-corrected chi connectivity index (χ2v) is 15.4. The Morgan fingerprint density at radius 3 is 1.78 bits per heavy atom. The van der Waals surface area contributed by atoms with E-state index in [1.54, 1.807) is 33.8 Å². The van der Waals surface area contributed by atoms with Gasteiger partial charge in [-0.05, 0) is 62.7 Å². The van der Waals surface area contributed by atoms with Crippen LogP contribution in [0.2, 0.25) is 0 Å². The average Bonchev–Trinajstić information content (AvgIpc) is 3.13. The number of carbonyl (C=O) groups excluding carboxylic acids is 1. The van der Waals surface area contributed by atoms with Gasteiger partial charge in [0, 0.05) is 23.3 Å². The number of hydrogen-bond acceptors (Lipinski definition) is 14. The van der Waals surface area contributed by atoms with Crippen molar-refractivity contribution in [1.82, 2.24) is 0 Å². The van der Waals surface area contributed by atoms with Crippen LogP contribution in [0.4, 0.5) is 0 Å². The average molecular weight is 775 g/mol. The van der Waals surface area contributed by atoms with Crippen LogP contribution in [0.15, 0.2) is 46.6 Å². The molecule has 0 unspecified atom stereocenters.